The highest BCUT2D eigenvalue weighted by molar-refractivity contribution is 7.92. The smallest absolute Gasteiger partial charge is 0.260 e. The van der Waals surface area contributed by atoms with Crippen LogP contribution in [0, 0.1) is 6.92 Å². The summed E-state index contributed by atoms with van der Waals surface area (Å²) in [4.78, 5) is 14.2. The van der Waals surface area contributed by atoms with Crippen LogP contribution in [0.15, 0.2) is 24.1 Å². The van der Waals surface area contributed by atoms with Crippen molar-refractivity contribution < 1.29 is 26.4 Å². The Bertz CT molecular complexity index is 997. The Morgan fingerprint density at radius 2 is 1.90 bits per heavy atom. The highest BCUT2D eigenvalue weighted by Gasteiger charge is 2.25. The molecule has 30 heavy (non-hydrogen) atoms. The Morgan fingerprint density at radius 1 is 1.27 bits per heavy atom. The average molecular weight is 460 g/mol. The molecule has 9 nitrogen and oxygen atoms in total. The number of carbonyl (C=O) groups excluding carboxylic acids is 1. The van der Waals surface area contributed by atoms with Crippen LogP contribution < -0.4 is 14.2 Å². The van der Waals surface area contributed by atoms with Crippen molar-refractivity contribution in [2.24, 2.45) is 0 Å². The molecule has 11 heteroatoms. The van der Waals surface area contributed by atoms with Gasteiger partial charge in [-0.15, -0.1) is 0 Å². The van der Waals surface area contributed by atoms with E-state index in [4.69, 9.17) is 4.74 Å². The number of nitrogens with zero attached hydrogens (tertiary/aromatic N) is 1. The molecule has 1 heterocycles. The molecule has 0 bridgehead atoms. The van der Waals surface area contributed by atoms with E-state index in [1.807, 2.05) is 13.0 Å². The van der Waals surface area contributed by atoms with Gasteiger partial charge in [-0.25, -0.2) is 21.6 Å². The molecule has 1 aromatic rings. The Hall–Kier alpha value is -2.11. The van der Waals surface area contributed by atoms with Crippen molar-refractivity contribution in [3.05, 3.63) is 35.2 Å². The fourth-order valence-corrected chi connectivity index (χ4v) is 4.64. The number of piperidine rings is 1. The third-order valence-electron chi connectivity index (χ3n) is 4.83. The van der Waals surface area contributed by atoms with Crippen LogP contribution in [0.2, 0.25) is 0 Å². The summed E-state index contributed by atoms with van der Waals surface area (Å²) >= 11 is 0. The molecule has 2 rings (SSSR count). The van der Waals surface area contributed by atoms with Gasteiger partial charge in [0.1, 0.15) is 5.75 Å². The summed E-state index contributed by atoms with van der Waals surface area (Å²) in [7, 11) is -6.93. The van der Waals surface area contributed by atoms with Crippen LogP contribution in [0.3, 0.4) is 0 Å². The second kappa shape index (κ2) is 9.80. The van der Waals surface area contributed by atoms with E-state index in [1.165, 1.54) is 0 Å². The van der Waals surface area contributed by atoms with E-state index in [2.05, 4.69) is 16.0 Å². The maximum absolute atomic E-state index is 12.5. The fraction of sp³-hybridized carbons (Fsp3) is 0.526. The lowest BCUT2D eigenvalue weighted by atomic mass is 10.1. The molecule has 1 saturated heterocycles. The molecule has 1 fully saturated rings. The number of sulfonamides is 2. The zero-order valence-electron chi connectivity index (χ0n) is 17.5. The van der Waals surface area contributed by atoms with Crippen LogP contribution in [0.4, 0.5) is 5.69 Å². The number of hydrogen-bond donors (Lipinski definition) is 2. The molecule has 1 aliphatic rings. The van der Waals surface area contributed by atoms with Crippen molar-refractivity contribution in [2.45, 2.75) is 39.2 Å². The lowest BCUT2D eigenvalue weighted by molar-refractivity contribution is -0.134. The molecule has 0 aliphatic carbocycles. The average Bonchev–Trinajstić information content (AvgIpc) is 2.67. The third-order valence-corrected chi connectivity index (χ3v) is 6.52. The van der Waals surface area contributed by atoms with Crippen molar-refractivity contribution in [2.75, 3.05) is 30.7 Å². The lowest BCUT2D eigenvalue weighted by Gasteiger charge is -2.32. The largest absolute Gasteiger partial charge is 0.483 e. The second-order valence-electron chi connectivity index (χ2n) is 7.28. The minimum absolute atomic E-state index is 0.183. The first-order valence-electron chi connectivity index (χ1n) is 9.60. The fourth-order valence-electron chi connectivity index (χ4n) is 3.23. The van der Waals surface area contributed by atoms with Gasteiger partial charge in [0.15, 0.2) is 6.61 Å². The molecule has 0 saturated carbocycles. The molecular formula is C19H29N3O6S2. The van der Waals surface area contributed by atoms with Crippen LogP contribution in [0.1, 0.15) is 30.9 Å². The Morgan fingerprint density at radius 3 is 2.43 bits per heavy atom. The normalized spacial score (nSPS) is 15.6. The van der Waals surface area contributed by atoms with Crippen molar-refractivity contribution in [3.8, 4) is 5.75 Å². The van der Waals surface area contributed by atoms with E-state index in [0.717, 1.165) is 22.8 Å². The topological polar surface area (TPSA) is 122 Å². The van der Waals surface area contributed by atoms with E-state index in [-0.39, 0.29) is 18.6 Å². The number of carbonyl (C=O) groups is 1. The first-order valence-corrected chi connectivity index (χ1v) is 13.0. The summed E-state index contributed by atoms with van der Waals surface area (Å²) in [6, 6.07) is 3.20. The quantitative estimate of drug-likeness (QED) is 0.575. The van der Waals surface area contributed by atoms with Gasteiger partial charge in [0.2, 0.25) is 20.0 Å². The van der Waals surface area contributed by atoms with Gasteiger partial charge in [-0.05, 0) is 37.3 Å². The number of nitrogens with one attached hydrogen (secondary N) is 2. The van der Waals surface area contributed by atoms with Gasteiger partial charge in [0, 0.05) is 30.6 Å². The van der Waals surface area contributed by atoms with Gasteiger partial charge >= 0.3 is 0 Å². The highest BCUT2D eigenvalue weighted by Crippen LogP contribution is 2.28. The summed E-state index contributed by atoms with van der Waals surface area (Å²) in [5.74, 6) is 0.247. The number of hydrogen-bond acceptors (Lipinski definition) is 6. The predicted octanol–water partition coefficient (Wildman–Crippen LogP) is 1.36. The van der Waals surface area contributed by atoms with Crippen LogP contribution in [0.5, 0.6) is 5.75 Å². The SMILES string of the molecule is C=CS(=O)(=O)NC1CCN(C(=O)COc2cc(NS(C)(=O)=O)c(C)cc2CC)CC1. The van der Waals surface area contributed by atoms with E-state index < -0.39 is 20.0 Å². The van der Waals surface area contributed by atoms with Gasteiger partial charge in [-0.2, -0.15) is 0 Å². The van der Waals surface area contributed by atoms with E-state index >= 15 is 0 Å². The standard InChI is InChI=1S/C19H29N3O6S2/c1-5-15-11-14(3)17(21-29(4,24)25)12-18(15)28-13-19(23)22-9-7-16(8-10-22)20-30(26,27)6-2/h6,11-12,16,20-21H,2,5,7-10,13H2,1,3-4H3. The molecule has 168 valence electrons. The van der Waals surface area contributed by atoms with Gasteiger partial charge in [0.05, 0.1) is 11.9 Å². The number of ether oxygens (including phenoxy) is 1. The first-order chi connectivity index (χ1) is 13.9. The minimum atomic E-state index is -3.49. The number of anilines is 1. The molecule has 1 aromatic carbocycles. The molecule has 0 aromatic heterocycles. The third kappa shape index (κ3) is 6.99. The molecular weight excluding hydrogens is 430 g/mol. The minimum Gasteiger partial charge on any atom is -0.483 e. The number of benzene rings is 1. The van der Waals surface area contributed by atoms with Crippen LogP contribution in [-0.4, -0.2) is 59.6 Å². The maximum Gasteiger partial charge on any atom is 0.260 e. The zero-order chi connectivity index (χ0) is 22.5. The van der Waals surface area contributed by atoms with Crippen LogP contribution >= 0.6 is 0 Å². The van der Waals surface area contributed by atoms with Crippen molar-refractivity contribution in [1.82, 2.24) is 9.62 Å². The summed E-state index contributed by atoms with van der Waals surface area (Å²) < 4.78 is 57.0. The Balaban J connectivity index is 1.99. The maximum atomic E-state index is 12.5. The van der Waals surface area contributed by atoms with Gasteiger partial charge in [-0.1, -0.05) is 19.6 Å². The monoisotopic (exact) mass is 459 g/mol. The molecule has 0 radical (unpaired) electrons. The van der Waals surface area contributed by atoms with Crippen LogP contribution in [0.25, 0.3) is 0 Å². The van der Waals surface area contributed by atoms with Crippen molar-refractivity contribution in [1.29, 1.82) is 0 Å². The zero-order valence-corrected chi connectivity index (χ0v) is 19.1. The van der Waals surface area contributed by atoms with Gasteiger partial charge < -0.3 is 9.64 Å². The molecule has 2 N–H and O–H groups in total. The molecule has 1 amide bonds. The van der Waals surface area contributed by atoms with E-state index in [0.29, 0.717) is 43.8 Å². The van der Waals surface area contributed by atoms with Crippen LogP contribution in [-0.2, 0) is 31.3 Å². The number of rotatable bonds is 9. The van der Waals surface area contributed by atoms with Gasteiger partial charge in [0.25, 0.3) is 5.91 Å². The number of likely N-dealkylation sites (tertiary alicyclic amines) is 1. The number of amides is 1. The van der Waals surface area contributed by atoms with E-state index in [1.54, 1.807) is 17.9 Å². The second-order valence-corrected chi connectivity index (χ2v) is 10.7. The van der Waals surface area contributed by atoms with Crippen molar-refractivity contribution in [3.63, 3.8) is 0 Å². The van der Waals surface area contributed by atoms with Gasteiger partial charge in [-0.3, -0.25) is 9.52 Å². The summed E-state index contributed by atoms with van der Waals surface area (Å²) in [5.41, 5.74) is 2.05. The summed E-state index contributed by atoms with van der Waals surface area (Å²) in [5, 5.41) is 0.873. The summed E-state index contributed by atoms with van der Waals surface area (Å²) in [6.07, 6.45) is 2.75. The molecule has 0 atom stereocenters. The predicted molar refractivity (Wildman–Crippen MR) is 116 cm³/mol. The van der Waals surface area contributed by atoms with E-state index in [9.17, 15) is 21.6 Å². The lowest BCUT2D eigenvalue weighted by Crippen LogP contribution is -2.47. The molecule has 1 aliphatic heterocycles. The first kappa shape index (κ1) is 24.2. The number of aryl methyl sites for hydroxylation is 2. The molecule has 0 unspecified atom stereocenters. The molecule has 0 spiro atoms. The Kier molecular flexibility index (Phi) is 7.89. The summed E-state index contributed by atoms with van der Waals surface area (Å²) in [6.45, 7) is 7.67. The van der Waals surface area contributed by atoms with Crippen molar-refractivity contribution >= 4 is 31.6 Å². The Labute approximate surface area is 178 Å². The highest BCUT2D eigenvalue weighted by atomic mass is 32.2.